The van der Waals surface area contributed by atoms with E-state index in [1.807, 2.05) is 0 Å². The Kier molecular flexibility index (Phi) is 3.87. The molecular weight excluding hydrogens is 248 g/mol. The number of hydrogen-bond donors (Lipinski definition) is 1. The van der Waals surface area contributed by atoms with E-state index in [0.29, 0.717) is 5.92 Å². The van der Waals surface area contributed by atoms with E-state index in [4.69, 9.17) is 10.5 Å². The quantitative estimate of drug-likeness (QED) is 0.920. The van der Waals surface area contributed by atoms with Crippen molar-refractivity contribution < 1.29 is 4.74 Å². The second-order valence-electron chi connectivity index (χ2n) is 7.29. The Morgan fingerprint density at radius 2 is 1.90 bits per heavy atom. The van der Waals surface area contributed by atoms with E-state index in [0.717, 1.165) is 6.42 Å². The van der Waals surface area contributed by atoms with Crippen LogP contribution in [0.25, 0.3) is 0 Å². The van der Waals surface area contributed by atoms with Gasteiger partial charge in [0.1, 0.15) is 0 Å². The molecule has 1 aliphatic heterocycles. The topological polar surface area (TPSA) is 38.5 Å². The molecule has 20 heavy (non-hydrogen) atoms. The number of hydrogen-bond acceptors (Lipinski definition) is 3. The van der Waals surface area contributed by atoms with Crippen molar-refractivity contribution in [2.24, 2.45) is 11.7 Å². The van der Waals surface area contributed by atoms with Gasteiger partial charge < -0.3 is 15.4 Å². The van der Waals surface area contributed by atoms with Gasteiger partial charge in [-0.25, -0.2) is 0 Å². The van der Waals surface area contributed by atoms with E-state index in [9.17, 15) is 0 Å². The number of ether oxygens (including phenoxy) is 1. The van der Waals surface area contributed by atoms with E-state index in [1.165, 1.54) is 11.3 Å². The fourth-order valence-corrected chi connectivity index (χ4v) is 3.41. The summed E-state index contributed by atoms with van der Waals surface area (Å²) in [6, 6.07) is 8.51. The lowest BCUT2D eigenvalue weighted by molar-refractivity contribution is -0.0767. The largest absolute Gasteiger partial charge is 0.378 e. The van der Waals surface area contributed by atoms with Crippen LogP contribution in [-0.4, -0.2) is 25.3 Å². The Morgan fingerprint density at radius 1 is 1.25 bits per heavy atom. The van der Waals surface area contributed by atoms with Gasteiger partial charge in [-0.15, -0.1) is 0 Å². The van der Waals surface area contributed by atoms with Crippen LogP contribution in [-0.2, 0) is 4.74 Å². The molecule has 1 heterocycles. The Balaban J connectivity index is 2.27. The molecule has 0 aromatic heterocycles. The van der Waals surface area contributed by atoms with Crippen molar-refractivity contribution in [1.29, 1.82) is 0 Å². The van der Waals surface area contributed by atoms with Gasteiger partial charge >= 0.3 is 0 Å². The SMILES string of the molecule is CN(C)c1cccc(C(N)C2CC(C)(C)OC2(C)C)c1. The highest BCUT2D eigenvalue weighted by atomic mass is 16.5. The summed E-state index contributed by atoms with van der Waals surface area (Å²) in [5.74, 6) is 0.329. The molecule has 1 aromatic rings. The first-order chi connectivity index (χ1) is 9.12. The molecule has 2 rings (SSSR count). The van der Waals surface area contributed by atoms with Crippen molar-refractivity contribution in [2.45, 2.75) is 51.4 Å². The molecule has 0 aliphatic carbocycles. The van der Waals surface area contributed by atoms with Crippen LogP contribution in [0.4, 0.5) is 5.69 Å². The first-order valence-electron chi connectivity index (χ1n) is 7.35. The van der Waals surface area contributed by atoms with Crippen LogP contribution in [0.5, 0.6) is 0 Å². The van der Waals surface area contributed by atoms with Gasteiger partial charge in [0.2, 0.25) is 0 Å². The summed E-state index contributed by atoms with van der Waals surface area (Å²) in [6.07, 6.45) is 0.993. The van der Waals surface area contributed by atoms with Crippen LogP contribution in [0.3, 0.4) is 0 Å². The number of anilines is 1. The molecular formula is C17H28N2O. The fourth-order valence-electron chi connectivity index (χ4n) is 3.41. The van der Waals surface area contributed by atoms with Crippen LogP contribution in [0.15, 0.2) is 24.3 Å². The number of benzene rings is 1. The molecule has 2 atom stereocenters. The summed E-state index contributed by atoms with van der Waals surface area (Å²) < 4.78 is 6.18. The van der Waals surface area contributed by atoms with E-state index in [2.05, 4.69) is 71.0 Å². The highest BCUT2D eigenvalue weighted by molar-refractivity contribution is 5.48. The van der Waals surface area contributed by atoms with Gasteiger partial charge in [0.25, 0.3) is 0 Å². The highest BCUT2D eigenvalue weighted by Crippen LogP contribution is 2.47. The Bertz CT molecular complexity index is 480. The summed E-state index contributed by atoms with van der Waals surface area (Å²) in [5, 5.41) is 0. The summed E-state index contributed by atoms with van der Waals surface area (Å²) in [5.41, 5.74) is 8.67. The zero-order valence-electron chi connectivity index (χ0n) is 13.6. The monoisotopic (exact) mass is 276 g/mol. The van der Waals surface area contributed by atoms with E-state index >= 15 is 0 Å². The maximum atomic E-state index is 6.57. The molecule has 1 aromatic carbocycles. The van der Waals surface area contributed by atoms with Gasteiger partial charge in [-0.1, -0.05) is 12.1 Å². The number of rotatable bonds is 3. The van der Waals surface area contributed by atoms with E-state index in [1.54, 1.807) is 0 Å². The average molecular weight is 276 g/mol. The molecule has 0 bridgehead atoms. The van der Waals surface area contributed by atoms with Crippen molar-refractivity contribution in [1.82, 2.24) is 0 Å². The van der Waals surface area contributed by atoms with Crippen molar-refractivity contribution in [2.75, 3.05) is 19.0 Å². The third-order valence-corrected chi connectivity index (χ3v) is 4.35. The predicted molar refractivity (Wildman–Crippen MR) is 85.0 cm³/mol. The summed E-state index contributed by atoms with van der Waals surface area (Å²) in [7, 11) is 4.10. The van der Waals surface area contributed by atoms with Gasteiger partial charge in [-0.2, -0.15) is 0 Å². The molecule has 0 radical (unpaired) electrons. The molecule has 2 unspecified atom stereocenters. The molecule has 2 N–H and O–H groups in total. The molecule has 1 fully saturated rings. The molecule has 1 saturated heterocycles. The van der Waals surface area contributed by atoms with Crippen molar-refractivity contribution in [3.8, 4) is 0 Å². The number of nitrogens with two attached hydrogens (primary N) is 1. The molecule has 112 valence electrons. The standard InChI is InChI=1S/C17H28N2O/c1-16(2)11-14(17(3,4)20-16)15(18)12-8-7-9-13(10-12)19(5)6/h7-10,14-15H,11,18H2,1-6H3. The van der Waals surface area contributed by atoms with Crippen LogP contribution in [0.1, 0.15) is 45.7 Å². The second kappa shape index (κ2) is 5.05. The van der Waals surface area contributed by atoms with Gasteiger partial charge in [-0.3, -0.25) is 0 Å². The van der Waals surface area contributed by atoms with Crippen molar-refractivity contribution >= 4 is 5.69 Å². The lowest BCUT2D eigenvalue weighted by atomic mass is 9.79. The first-order valence-corrected chi connectivity index (χ1v) is 7.35. The Morgan fingerprint density at radius 3 is 2.40 bits per heavy atom. The summed E-state index contributed by atoms with van der Waals surface area (Å²) >= 11 is 0. The van der Waals surface area contributed by atoms with Gasteiger partial charge in [0.15, 0.2) is 0 Å². The van der Waals surface area contributed by atoms with Gasteiger partial charge in [0.05, 0.1) is 11.2 Å². The van der Waals surface area contributed by atoms with E-state index < -0.39 is 0 Å². The zero-order chi connectivity index (χ0) is 15.1. The third-order valence-electron chi connectivity index (χ3n) is 4.35. The molecule has 0 spiro atoms. The van der Waals surface area contributed by atoms with Gasteiger partial charge in [-0.05, 0) is 51.8 Å². The molecule has 0 saturated carbocycles. The lowest BCUT2D eigenvalue weighted by Crippen LogP contribution is -2.35. The van der Waals surface area contributed by atoms with Crippen LogP contribution < -0.4 is 10.6 Å². The minimum Gasteiger partial charge on any atom is -0.378 e. The molecule has 1 aliphatic rings. The van der Waals surface area contributed by atoms with Crippen LogP contribution >= 0.6 is 0 Å². The first kappa shape index (κ1) is 15.3. The molecule has 3 nitrogen and oxygen atoms in total. The second-order valence-corrected chi connectivity index (χ2v) is 7.29. The summed E-state index contributed by atoms with van der Waals surface area (Å²) in [6.45, 7) is 8.61. The van der Waals surface area contributed by atoms with E-state index in [-0.39, 0.29) is 17.2 Å². The molecule has 0 amide bonds. The third kappa shape index (κ3) is 2.99. The van der Waals surface area contributed by atoms with Crippen molar-refractivity contribution in [3.05, 3.63) is 29.8 Å². The highest BCUT2D eigenvalue weighted by Gasteiger charge is 2.48. The summed E-state index contributed by atoms with van der Waals surface area (Å²) in [4.78, 5) is 2.11. The molecule has 3 heteroatoms. The number of nitrogens with zero attached hydrogens (tertiary/aromatic N) is 1. The zero-order valence-corrected chi connectivity index (χ0v) is 13.6. The fraction of sp³-hybridized carbons (Fsp3) is 0.647. The Hall–Kier alpha value is -1.06. The lowest BCUT2D eigenvalue weighted by Gasteiger charge is -2.31. The van der Waals surface area contributed by atoms with Crippen LogP contribution in [0, 0.1) is 5.92 Å². The van der Waals surface area contributed by atoms with Crippen molar-refractivity contribution in [3.63, 3.8) is 0 Å². The normalized spacial score (nSPS) is 25.4. The van der Waals surface area contributed by atoms with Gasteiger partial charge in [0, 0.05) is 31.7 Å². The Labute approximate surface area is 123 Å². The minimum atomic E-state index is -0.183. The minimum absolute atomic E-state index is 0.00618. The predicted octanol–water partition coefficient (Wildman–Crippen LogP) is 3.35. The smallest absolute Gasteiger partial charge is 0.0680 e. The average Bonchev–Trinajstić information content (AvgIpc) is 2.56. The maximum Gasteiger partial charge on any atom is 0.0680 e. The maximum absolute atomic E-state index is 6.57. The van der Waals surface area contributed by atoms with Crippen LogP contribution in [0.2, 0.25) is 0 Å².